The van der Waals surface area contributed by atoms with Gasteiger partial charge in [-0.1, -0.05) is 15.9 Å². The number of rotatable bonds is 6. The van der Waals surface area contributed by atoms with Crippen LogP contribution in [-0.4, -0.2) is 43.6 Å². The normalized spacial score (nSPS) is 13.9. The number of aromatic nitrogens is 5. The monoisotopic (exact) mass is 493 g/mol. The predicted octanol–water partition coefficient (Wildman–Crippen LogP) is 2.89. The van der Waals surface area contributed by atoms with Gasteiger partial charge in [0.2, 0.25) is 17.0 Å². The van der Waals surface area contributed by atoms with Crippen molar-refractivity contribution < 1.29 is 9.59 Å². The van der Waals surface area contributed by atoms with Gasteiger partial charge in [0.25, 0.3) is 0 Å². The van der Waals surface area contributed by atoms with Crippen LogP contribution in [0.1, 0.15) is 18.5 Å². The summed E-state index contributed by atoms with van der Waals surface area (Å²) >= 11 is 6.18. The molecule has 2 amide bonds. The number of aryl methyl sites for hydroxylation is 1. The Labute approximate surface area is 183 Å². The third kappa shape index (κ3) is 4.65. The lowest BCUT2D eigenvalue weighted by molar-refractivity contribution is -0.117. The van der Waals surface area contributed by atoms with Gasteiger partial charge in [0, 0.05) is 34.8 Å². The van der Waals surface area contributed by atoms with Gasteiger partial charge in [0.1, 0.15) is 0 Å². The number of nitrogens with one attached hydrogen (secondary N) is 1. The van der Waals surface area contributed by atoms with Gasteiger partial charge >= 0.3 is 0 Å². The Bertz CT molecular complexity index is 1070. The fourth-order valence-corrected chi connectivity index (χ4v) is 4.83. The van der Waals surface area contributed by atoms with E-state index in [1.165, 1.54) is 23.1 Å². The number of benzene rings is 1. The summed E-state index contributed by atoms with van der Waals surface area (Å²) in [7, 11) is 1.75. The number of nitrogens with zero attached hydrogens (tertiary/aromatic N) is 6. The number of halogens is 1. The van der Waals surface area contributed by atoms with Crippen molar-refractivity contribution in [2.24, 2.45) is 7.05 Å². The zero-order valence-corrected chi connectivity index (χ0v) is 18.6. The largest absolute Gasteiger partial charge is 0.325 e. The Morgan fingerprint density at radius 1 is 1.41 bits per heavy atom. The lowest BCUT2D eigenvalue weighted by Gasteiger charge is -2.11. The maximum Gasteiger partial charge on any atom is 0.230 e. The van der Waals surface area contributed by atoms with Gasteiger partial charge < -0.3 is 5.32 Å². The van der Waals surface area contributed by atoms with Gasteiger partial charge in [-0.15, -0.1) is 16.4 Å². The van der Waals surface area contributed by atoms with Crippen LogP contribution in [0.15, 0.2) is 38.1 Å². The number of amides is 2. The van der Waals surface area contributed by atoms with Crippen LogP contribution in [0.4, 0.5) is 10.8 Å². The Morgan fingerprint density at radius 2 is 2.28 bits per heavy atom. The molecule has 0 bridgehead atoms. The molecule has 2 aromatic heterocycles. The van der Waals surface area contributed by atoms with Crippen LogP contribution in [0.2, 0.25) is 0 Å². The van der Waals surface area contributed by atoms with E-state index in [2.05, 4.69) is 41.8 Å². The Morgan fingerprint density at radius 3 is 3.00 bits per heavy atom. The van der Waals surface area contributed by atoms with Crippen LogP contribution in [0.25, 0.3) is 0 Å². The smallest absolute Gasteiger partial charge is 0.230 e. The van der Waals surface area contributed by atoms with Gasteiger partial charge in [0.05, 0.1) is 17.8 Å². The molecule has 150 valence electrons. The van der Waals surface area contributed by atoms with Crippen LogP contribution >= 0.6 is 39.0 Å². The fourth-order valence-electron chi connectivity index (χ4n) is 2.81. The van der Waals surface area contributed by atoms with Crippen LogP contribution < -0.4 is 10.2 Å². The Balaban J connectivity index is 1.46. The zero-order valence-electron chi connectivity index (χ0n) is 15.3. The number of tetrazole rings is 1. The van der Waals surface area contributed by atoms with E-state index in [0.717, 1.165) is 15.8 Å². The number of carbonyl (C=O) groups excluding carboxylic acids is 2. The molecular weight excluding hydrogens is 478 g/mol. The Hall–Kier alpha value is -2.31. The van der Waals surface area contributed by atoms with E-state index in [1.54, 1.807) is 16.6 Å². The van der Waals surface area contributed by atoms with Crippen molar-refractivity contribution in [3.63, 3.8) is 0 Å². The molecule has 0 unspecified atom stereocenters. The summed E-state index contributed by atoms with van der Waals surface area (Å²) in [5, 5.41) is 17.4. The second-order valence-electron chi connectivity index (χ2n) is 6.32. The van der Waals surface area contributed by atoms with E-state index in [1.807, 2.05) is 23.6 Å². The molecule has 1 aromatic carbocycles. The molecule has 0 saturated carbocycles. The molecule has 0 atom stereocenters. The third-order valence-corrected chi connectivity index (χ3v) is 6.69. The molecular formula is C17H16BrN7O2S2. The van der Waals surface area contributed by atoms with Crippen LogP contribution in [-0.2, 0) is 23.1 Å². The van der Waals surface area contributed by atoms with E-state index < -0.39 is 0 Å². The second-order valence-corrected chi connectivity index (χ2v) is 9.08. The van der Waals surface area contributed by atoms with Crippen molar-refractivity contribution in [1.29, 1.82) is 0 Å². The predicted molar refractivity (Wildman–Crippen MR) is 113 cm³/mol. The zero-order chi connectivity index (χ0) is 20.4. The first kappa shape index (κ1) is 20.0. The number of anilines is 2. The minimum Gasteiger partial charge on any atom is -0.325 e. The molecule has 12 heteroatoms. The molecule has 0 radical (unpaired) electrons. The minimum absolute atomic E-state index is 0.0874. The molecule has 1 aliphatic heterocycles. The highest BCUT2D eigenvalue weighted by Gasteiger charge is 2.24. The standard InChI is InChI=1S/C17H16BrN7O2S2/c1-24-17(21-22-23-24)29-13-5-4-10(18)7-12(13)20-14(26)8-11-9-28-16(19-11)25-6-2-3-15(25)27/h4-5,7,9H,2-3,6,8H2,1H3,(H,20,26). The first-order valence-corrected chi connectivity index (χ1v) is 11.2. The highest BCUT2D eigenvalue weighted by atomic mass is 79.9. The van der Waals surface area contributed by atoms with Gasteiger partial charge in [-0.05, 0) is 46.8 Å². The lowest BCUT2D eigenvalue weighted by atomic mass is 10.3. The summed E-state index contributed by atoms with van der Waals surface area (Å²) in [4.78, 5) is 31.4. The van der Waals surface area contributed by atoms with E-state index in [-0.39, 0.29) is 18.2 Å². The van der Waals surface area contributed by atoms with E-state index in [9.17, 15) is 9.59 Å². The van der Waals surface area contributed by atoms with Gasteiger partial charge in [-0.25, -0.2) is 9.67 Å². The average Bonchev–Trinajstić information content (AvgIpc) is 3.40. The van der Waals surface area contributed by atoms with E-state index >= 15 is 0 Å². The first-order valence-electron chi connectivity index (χ1n) is 8.74. The molecule has 29 heavy (non-hydrogen) atoms. The molecule has 1 saturated heterocycles. The molecule has 1 N–H and O–H groups in total. The van der Waals surface area contributed by atoms with Crippen molar-refractivity contribution in [1.82, 2.24) is 25.2 Å². The van der Waals surface area contributed by atoms with Crippen molar-refractivity contribution >= 4 is 61.7 Å². The summed E-state index contributed by atoms with van der Waals surface area (Å²) in [6.07, 6.45) is 1.53. The Kier molecular flexibility index (Phi) is 5.92. The summed E-state index contributed by atoms with van der Waals surface area (Å²) in [5.74, 6) is -0.102. The van der Waals surface area contributed by atoms with Crippen LogP contribution in [0.3, 0.4) is 0 Å². The number of thiazole rings is 1. The SMILES string of the molecule is Cn1nnnc1Sc1ccc(Br)cc1NC(=O)Cc1csc(N2CCCC2=O)n1. The van der Waals surface area contributed by atoms with Gasteiger partial charge in [-0.2, -0.15) is 0 Å². The number of hydrogen-bond donors (Lipinski definition) is 1. The highest BCUT2D eigenvalue weighted by Crippen LogP contribution is 2.34. The quantitative estimate of drug-likeness (QED) is 0.562. The molecule has 1 aliphatic rings. The summed E-state index contributed by atoms with van der Waals surface area (Å²) < 4.78 is 2.41. The minimum atomic E-state index is -0.189. The fraction of sp³-hybridized carbons (Fsp3) is 0.294. The molecule has 1 fully saturated rings. The molecule has 3 heterocycles. The van der Waals surface area contributed by atoms with Gasteiger partial charge in [0.15, 0.2) is 5.13 Å². The van der Waals surface area contributed by atoms with Crippen LogP contribution in [0, 0.1) is 0 Å². The van der Waals surface area contributed by atoms with Crippen molar-refractivity contribution in [3.05, 3.63) is 33.7 Å². The summed E-state index contributed by atoms with van der Waals surface area (Å²) in [5.41, 5.74) is 1.30. The number of hydrogen-bond acceptors (Lipinski definition) is 8. The lowest BCUT2D eigenvalue weighted by Crippen LogP contribution is -2.23. The average molecular weight is 494 g/mol. The maximum absolute atomic E-state index is 12.6. The summed E-state index contributed by atoms with van der Waals surface area (Å²) in [6, 6.07) is 5.61. The summed E-state index contributed by atoms with van der Waals surface area (Å²) in [6.45, 7) is 0.688. The topological polar surface area (TPSA) is 106 Å². The third-order valence-electron chi connectivity index (χ3n) is 4.18. The second kappa shape index (κ2) is 8.59. The maximum atomic E-state index is 12.6. The first-order chi connectivity index (χ1) is 14.0. The highest BCUT2D eigenvalue weighted by molar-refractivity contribution is 9.10. The van der Waals surface area contributed by atoms with Crippen molar-refractivity contribution in [2.75, 3.05) is 16.8 Å². The van der Waals surface area contributed by atoms with E-state index in [0.29, 0.717) is 34.6 Å². The molecule has 3 aromatic rings. The van der Waals surface area contributed by atoms with E-state index in [4.69, 9.17) is 0 Å². The van der Waals surface area contributed by atoms with Crippen LogP contribution in [0.5, 0.6) is 0 Å². The van der Waals surface area contributed by atoms with Crippen molar-refractivity contribution in [3.8, 4) is 0 Å². The number of carbonyl (C=O) groups is 2. The molecule has 0 spiro atoms. The molecule has 9 nitrogen and oxygen atoms in total. The van der Waals surface area contributed by atoms with Gasteiger partial charge in [-0.3, -0.25) is 14.5 Å². The molecule has 0 aliphatic carbocycles. The van der Waals surface area contributed by atoms with Crippen molar-refractivity contribution in [2.45, 2.75) is 29.3 Å². The molecule has 4 rings (SSSR count).